The van der Waals surface area contributed by atoms with Crippen molar-refractivity contribution in [2.24, 2.45) is 0 Å². The Balaban J connectivity index is 1.26. The van der Waals surface area contributed by atoms with Crippen LogP contribution in [-0.2, 0) is 5.41 Å². The molecule has 12 rings (SSSR count). The second-order valence-electron chi connectivity index (χ2n) is 14.2. The number of furan rings is 1. The van der Waals surface area contributed by atoms with Crippen LogP contribution >= 0.6 is 0 Å². The van der Waals surface area contributed by atoms with E-state index in [0.29, 0.717) is 0 Å². The number of nitrogens with zero attached hydrogens (tertiary/aromatic N) is 2. The topological polar surface area (TPSA) is 40.2 Å². The Morgan fingerprint density at radius 3 is 2.00 bits per heavy atom. The fraction of sp³-hybridized carbons (Fsp3) is 0.0200. The maximum atomic E-state index is 6.95. The first-order valence-corrected chi connectivity index (χ1v) is 18.4. The highest BCUT2D eigenvalue weighted by molar-refractivity contribution is 6.06. The Hall–Kier alpha value is -7.17. The number of imidazole rings is 1. The Labute approximate surface area is 311 Å². The van der Waals surface area contributed by atoms with Crippen LogP contribution in [0.2, 0.25) is 0 Å². The standard InChI is InChI=1S/C50H30N2O2/c1-2-14-32(15-3-1)52-44-23-11-10-22-43(44)51-49(52)31-26-27-36-34-17-5-4-16-33(34)35-18-6-8-20-39(35)50(41(36)28-31)40-21-9-13-25-46(40)54-48-29-38-37-19-7-12-24-45(37)53-47(38)30-42(48)50/h1-30H. The van der Waals surface area contributed by atoms with Gasteiger partial charge in [-0.3, -0.25) is 4.57 Å². The Kier molecular flexibility index (Phi) is 5.95. The molecule has 1 unspecified atom stereocenters. The number of aromatic nitrogens is 2. The molecular weight excluding hydrogens is 661 g/mol. The van der Waals surface area contributed by atoms with E-state index in [2.05, 4.69) is 174 Å². The molecule has 1 atom stereocenters. The molecule has 2 aromatic heterocycles. The maximum Gasteiger partial charge on any atom is 0.145 e. The smallest absolute Gasteiger partial charge is 0.145 e. The van der Waals surface area contributed by atoms with Crippen LogP contribution in [0.15, 0.2) is 186 Å². The van der Waals surface area contributed by atoms with Crippen molar-refractivity contribution < 1.29 is 9.15 Å². The molecule has 2 aliphatic rings. The fourth-order valence-electron chi connectivity index (χ4n) is 9.27. The van der Waals surface area contributed by atoms with Crippen molar-refractivity contribution in [2.45, 2.75) is 5.41 Å². The predicted molar refractivity (Wildman–Crippen MR) is 217 cm³/mol. The lowest BCUT2D eigenvalue weighted by atomic mass is 9.62. The number of para-hydroxylation sites is 5. The molecule has 0 N–H and O–H groups in total. The van der Waals surface area contributed by atoms with Crippen LogP contribution in [-0.4, -0.2) is 9.55 Å². The number of ether oxygens (including phenoxy) is 1. The SMILES string of the molecule is c1ccc(-n2c(-c3ccc4c(c3)C3(c5ccccc5Oc5cc6c(cc53)oc3ccccc36)c3ccccc3-c3ccccc3-4)nc3ccccc32)cc1. The van der Waals surface area contributed by atoms with Gasteiger partial charge in [0.25, 0.3) is 0 Å². The summed E-state index contributed by atoms with van der Waals surface area (Å²) in [5.41, 5.74) is 14.2. The molecule has 252 valence electrons. The maximum absolute atomic E-state index is 6.95. The summed E-state index contributed by atoms with van der Waals surface area (Å²) >= 11 is 0. The Morgan fingerprint density at radius 1 is 0.444 bits per heavy atom. The summed E-state index contributed by atoms with van der Waals surface area (Å²) in [7, 11) is 0. The normalized spacial score (nSPS) is 15.3. The van der Waals surface area contributed by atoms with Crippen LogP contribution in [0.3, 0.4) is 0 Å². The lowest BCUT2D eigenvalue weighted by Gasteiger charge is -2.42. The molecule has 4 nitrogen and oxygen atoms in total. The van der Waals surface area contributed by atoms with Gasteiger partial charge in [0, 0.05) is 33.2 Å². The minimum atomic E-state index is -0.790. The van der Waals surface area contributed by atoms with E-state index >= 15 is 0 Å². The number of hydrogen-bond acceptors (Lipinski definition) is 3. The van der Waals surface area contributed by atoms with E-state index in [-0.39, 0.29) is 0 Å². The van der Waals surface area contributed by atoms with Crippen LogP contribution in [0.1, 0.15) is 22.3 Å². The minimum Gasteiger partial charge on any atom is -0.457 e. The van der Waals surface area contributed by atoms with Gasteiger partial charge >= 0.3 is 0 Å². The van der Waals surface area contributed by atoms with Gasteiger partial charge in [0.05, 0.1) is 16.4 Å². The lowest BCUT2D eigenvalue weighted by Crippen LogP contribution is -2.34. The van der Waals surface area contributed by atoms with Crippen molar-refractivity contribution in [2.75, 3.05) is 0 Å². The van der Waals surface area contributed by atoms with Gasteiger partial charge in [-0.2, -0.15) is 0 Å². The van der Waals surface area contributed by atoms with Gasteiger partial charge in [0.2, 0.25) is 0 Å². The molecule has 0 amide bonds. The zero-order valence-corrected chi connectivity index (χ0v) is 29.0. The third-order valence-electron chi connectivity index (χ3n) is 11.5. The van der Waals surface area contributed by atoms with E-state index in [1.807, 2.05) is 12.1 Å². The van der Waals surface area contributed by atoms with Crippen LogP contribution in [0, 0.1) is 0 Å². The number of hydrogen-bond donors (Lipinski definition) is 0. The fourth-order valence-corrected chi connectivity index (χ4v) is 9.27. The molecule has 54 heavy (non-hydrogen) atoms. The molecule has 4 heteroatoms. The Morgan fingerprint density at radius 2 is 1.13 bits per heavy atom. The minimum absolute atomic E-state index is 0.790. The molecule has 0 radical (unpaired) electrons. The van der Waals surface area contributed by atoms with Gasteiger partial charge in [-0.25, -0.2) is 4.98 Å². The molecule has 1 aliphatic carbocycles. The van der Waals surface area contributed by atoms with E-state index in [4.69, 9.17) is 14.1 Å². The quantitative estimate of drug-likeness (QED) is 0.181. The second kappa shape index (κ2) is 10.9. The van der Waals surface area contributed by atoms with E-state index in [9.17, 15) is 0 Å². The molecule has 0 saturated carbocycles. The zero-order chi connectivity index (χ0) is 35.4. The highest BCUT2D eigenvalue weighted by Crippen LogP contribution is 2.61. The first-order valence-electron chi connectivity index (χ1n) is 18.4. The molecule has 0 saturated heterocycles. The van der Waals surface area contributed by atoms with E-state index in [1.54, 1.807) is 0 Å². The van der Waals surface area contributed by atoms with E-state index in [1.165, 1.54) is 27.8 Å². The highest BCUT2D eigenvalue weighted by Gasteiger charge is 2.49. The van der Waals surface area contributed by atoms with Crippen LogP contribution in [0.5, 0.6) is 11.5 Å². The summed E-state index contributed by atoms with van der Waals surface area (Å²) < 4.78 is 15.9. The first kappa shape index (κ1) is 29.4. The molecular formula is C50H30N2O2. The van der Waals surface area contributed by atoms with Gasteiger partial charge in [0.15, 0.2) is 0 Å². The summed E-state index contributed by atoms with van der Waals surface area (Å²) in [6.07, 6.45) is 0. The first-order chi connectivity index (χ1) is 26.8. The van der Waals surface area contributed by atoms with Crippen LogP contribution < -0.4 is 4.74 Å². The summed E-state index contributed by atoms with van der Waals surface area (Å²) in [5, 5.41) is 2.11. The molecule has 1 aliphatic heterocycles. The molecule has 1 spiro atoms. The summed E-state index contributed by atoms with van der Waals surface area (Å²) in [6.45, 7) is 0. The molecule has 0 bridgehead atoms. The van der Waals surface area contributed by atoms with Crippen molar-refractivity contribution in [1.82, 2.24) is 9.55 Å². The number of benzene rings is 8. The third kappa shape index (κ3) is 3.89. The average Bonchev–Trinajstić information content (AvgIpc) is 3.78. The molecule has 10 aromatic rings. The summed E-state index contributed by atoms with van der Waals surface area (Å²) in [6, 6.07) is 64.8. The molecule has 0 fully saturated rings. The molecule has 8 aromatic carbocycles. The van der Waals surface area contributed by atoms with Crippen molar-refractivity contribution in [3.05, 3.63) is 204 Å². The van der Waals surface area contributed by atoms with Gasteiger partial charge in [-0.05, 0) is 88.0 Å². The number of fused-ring (bicyclic) bond motifs is 15. The predicted octanol–water partition coefficient (Wildman–Crippen LogP) is 12.7. The average molecular weight is 691 g/mol. The van der Waals surface area contributed by atoms with Gasteiger partial charge < -0.3 is 9.15 Å². The Bertz CT molecular complexity index is 3150. The van der Waals surface area contributed by atoms with Crippen molar-refractivity contribution >= 4 is 33.0 Å². The summed E-state index contributed by atoms with van der Waals surface area (Å²) in [4.78, 5) is 5.33. The van der Waals surface area contributed by atoms with Gasteiger partial charge in [-0.1, -0.05) is 127 Å². The number of rotatable bonds is 2. The summed E-state index contributed by atoms with van der Waals surface area (Å²) in [5.74, 6) is 2.55. The largest absolute Gasteiger partial charge is 0.457 e. The lowest BCUT2D eigenvalue weighted by molar-refractivity contribution is 0.435. The van der Waals surface area contributed by atoms with Crippen molar-refractivity contribution in [3.8, 4) is 50.8 Å². The monoisotopic (exact) mass is 690 g/mol. The van der Waals surface area contributed by atoms with E-state index < -0.39 is 5.41 Å². The van der Waals surface area contributed by atoms with Gasteiger partial charge in [0.1, 0.15) is 28.5 Å². The van der Waals surface area contributed by atoms with Crippen molar-refractivity contribution in [3.63, 3.8) is 0 Å². The highest BCUT2D eigenvalue weighted by atomic mass is 16.5. The van der Waals surface area contributed by atoms with Crippen LogP contribution in [0.4, 0.5) is 0 Å². The second-order valence-corrected chi connectivity index (χ2v) is 14.2. The van der Waals surface area contributed by atoms with Gasteiger partial charge in [-0.15, -0.1) is 0 Å². The third-order valence-corrected chi connectivity index (χ3v) is 11.5. The zero-order valence-electron chi connectivity index (χ0n) is 29.0. The van der Waals surface area contributed by atoms with E-state index in [0.717, 1.165) is 78.2 Å². The van der Waals surface area contributed by atoms with Crippen LogP contribution in [0.25, 0.3) is 72.3 Å². The van der Waals surface area contributed by atoms with Crippen molar-refractivity contribution in [1.29, 1.82) is 0 Å². The molecule has 3 heterocycles.